The number of alkyl halides is 1. The maximum absolute atomic E-state index is 17.8. The van der Waals surface area contributed by atoms with Crippen molar-refractivity contribution in [1.82, 2.24) is 0 Å². The molecule has 0 heterocycles. The number of aliphatic hydroxyl groups excluding tert-OH is 1. The molecule has 0 aromatic rings. The van der Waals surface area contributed by atoms with Crippen molar-refractivity contribution in [1.29, 1.82) is 0 Å². The van der Waals surface area contributed by atoms with Crippen molar-refractivity contribution in [2.45, 2.75) is 104 Å². The molecule has 0 unspecified atom stereocenters. The van der Waals surface area contributed by atoms with E-state index in [9.17, 15) is 29.1 Å². The Kier molecular flexibility index (Phi) is 8.14. The van der Waals surface area contributed by atoms with Crippen LogP contribution in [0.15, 0.2) is 23.5 Å². The Bertz CT molecular complexity index is 1220. The summed E-state index contributed by atoms with van der Waals surface area (Å²) in [5, 5.41) is 11.7. The van der Waals surface area contributed by atoms with Gasteiger partial charge in [0, 0.05) is 53.9 Å². The Morgan fingerprint density at radius 3 is 2.29 bits per heavy atom. The average molecular weight is 577 g/mol. The number of Topliss-reactive ketones (excluding diaryl/α,β-unsaturated/α-hetero) is 1. The molecule has 8 atom stereocenters. The van der Waals surface area contributed by atoms with E-state index in [0.29, 0.717) is 0 Å². The van der Waals surface area contributed by atoms with Crippen LogP contribution in [0.5, 0.6) is 0 Å². The summed E-state index contributed by atoms with van der Waals surface area (Å²) in [6, 6.07) is 0. The van der Waals surface area contributed by atoms with Crippen LogP contribution in [-0.2, 0) is 38.2 Å². The van der Waals surface area contributed by atoms with E-state index in [2.05, 4.69) is 0 Å². The number of ether oxygens (including phenoxy) is 3. The Morgan fingerprint density at radius 2 is 1.68 bits per heavy atom. The number of carbonyl (C=O) groups is 5. The first-order valence-corrected chi connectivity index (χ1v) is 14.6. The summed E-state index contributed by atoms with van der Waals surface area (Å²) in [7, 11) is 0. The number of carbonyl (C=O) groups excluding carboxylic acids is 5. The standard InChI is InChI=1S/C31H41FO9/c1-7-25(36)39-16-24(35)31(41-27(38)9-3)17(4)12-19-20-14-22(40-26(37)8-2)21-13-18(33)10-11-28(21,5)30(20,32)23(34)15-29(19,31)6/h13-14,17,19-20,23,34H,7-12,15-16H2,1-6H3/t17-,19-,20-,23-,28-,29-,30-,31+/m0/s1. The van der Waals surface area contributed by atoms with Crippen LogP contribution >= 0.6 is 0 Å². The maximum Gasteiger partial charge on any atom is 0.310 e. The van der Waals surface area contributed by atoms with Crippen LogP contribution in [0.4, 0.5) is 4.39 Å². The highest BCUT2D eigenvalue weighted by Crippen LogP contribution is 2.71. The lowest BCUT2D eigenvalue weighted by Crippen LogP contribution is -2.70. The fourth-order valence-electron chi connectivity index (χ4n) is 8.18. The molecule has 0 aliphatic heterocycles. The molecule has 0 aromatic carbocycles. The van der Waals surface area contributed by atoms with Crippen molar-refractivity contribution in [2.24, 2.45) is 28.6 Å². The molecule has 9 nitrogen and oxygen atoms in total. The fraction of sp³-hybridized carbons (Fsp3) is 0.710. The number of aliphatic hydroxyl groups is 1. The van der Waals surface area contributed by atoms with Gasteiger partial charge in [0.1, 0.15) is 5.76 Å². The highest BCUT2D eigenvalue weighted by molar-refractivity contribution is 5.94. The van der Waals surface area contributed by atoms with E-state index in [-0.39, 0.29) is 62.1 Å². The van der Waals surface area contributed by atoms with Crippen LogP contribution < -0.4 is 0 Å². The molecule has 2 fully saturated rings. The van der Waals surface area contributed by atoms with Gasteiger partial charge >= 0.3 is 17.9 Å². The van der Waals surface area contributed by atoms with Gasteiger partial charge in [0.05, 0.1) is 6.10 Å². The summed E-state index contributed by atoms with van der Waals surface area (Å²) in [6.45, 7) is 9.29. The van der Waals surface area contributed by atoms with Crippen molar-refractivity contribution in [3.05, 3.63) is 23.5 Å². The average Bonchev–Trinajstić information content (AvgIpc) is 3.15. The van der Waals surface area contributed by atoms with Crippen LogP contribution in [0, 0.1) is 28.6 Å². The molecule has 4 aliphatic rings. The second kappa shape index (κ2) is 10.7. The highest BCUT2D eigenvalue weighted by atomic mass is 19.1. The van der Waals surface area contributed by atoms with E-state index in [0.717, 1.165) is 0 Å². The van der Waals surface area contributed by atoms with Gasteiger partial charge in [-0.05, 0) is 37.3 Å². The normalized spacial score (nSPS) is 39.4. The molecule has 0 spiro atoms. The summed E-state index contributed by atoms with van der Waals surface area (Å²) < 4.78 is 34.7. The first-order valence-electron chi connectivity index (χ1n) is 14.6. The summed E-state index contributed by atoms with van der Waals surface area (Å²) >= 11 is 0. The van der Waals surface area contributed by atoms with Gasteiger partial charge < -0.3 is 19.3 Å². The quantitative estimate of drug-likeness (QED) is 0.335. The summed E-state index contributed by atoms with van der Waals surface area (Å²) in [5.74, 6) is -4.82. The highest BCUT2D eigenvalue weighted by Gasteiger charge is 2.77. The molecule has 0 aromatic heterocycles. The molecule has 0 amide bonds. The molecule has 41 heavy (non-hydrogen) atoms. The van der Waals surface area contributed by atoms with Crippen molar-refractivity contribution >= 4 is 29.5 Å². The minimum atomic E-state index is -2.27. The minimum Gasteiger partial charge on any atom is -0.457 e. The van der Waals surface area contributed by atoms with E-state index < -0.39 is 76.3 Å². The lowest BCUT2D eigenvalue weighted by Gasteiger charge is -2.62. The third-order valence-corrected chi connectivity index (χ3v) is 10.3. The number of esters is 3. The largest absolute Gasteiger partial charge is 0.457 e. The van der Waals surface area contributed by atoms with E-state index in [4.69, 9.17) is 14.2 Å². The van der Waals surface area contributed by atoms with Crippen molar-refractivity contribution in [2.75, 3.05) is 6.61 Å². The molecule has 4 rings (SSSR count). The number of hydrogen-bond acceptors (Lipinski definition) is 9. The molecule has 226 valence electrons. The van der Waals surface area contributed by atoms with Gasteiger partial charge in [-0.15, -0.1) is 0 Å². The van der Waals surface area contributed by atoms with Crippen molar-refractivity contribution < 1.29 is 47.7 Å². The van der Waals surface area contributed by atoms with Crippen molar-refractivity contribution in [3.63, 3.8) is 0 Å². The predicted octanol–water partition coefficient (Wildman–Crippen LogP) is 4.10. The molecule has 0 bridgehead atoms. The summed E-state index contributed by atoms with van der Waals surface area (Å²) in [5.41, 5.74) is -6.44. The Balaban J connectivity index is 1.91. The van der Waals surface area contributed by atoms with Gasteiger partial charge in [0.2, 0.25) is 5.78 Å². The molecule has 2 saturated carbocycles. The van der Waals surface area contributed by atoms with Crippen LogP contribution in [0.2, 0.25) is 0 Å². The number of allylic oxidation sites excluding steroid dienone is 3. The monoisotopic (exact) mass is 576 g/mol. The zero-order valence-corrected chi connectivity index (χ0v) is 24.7. The molecule has 4 aliphatic carbocycles. The number of fused-ring (bicyclic) bond motifs is 5. The topological polar surface area (TPSA) is 133 Å². The number of ketones is 2. The SMILES string of the molecule is CCC(=O)OCC(=O)[C@]1(OC(=O)CC)[C@@H](C)C[C@H]2[C@@H]3C=C(OC(=O)CC)C4=CC(=O)CC[C@]4(C)[C@@]3(F)[C@@H](O)C[C@@]21C. The molecular formula is C31H41FO9. The smallest absolute Gasteiger partial charge is 0.310 e. The van der Waals surface area contributed by atoms with Gasteiger partial charge in [-0.25, -0.2) is 4.39 Å². The van der Waals surface area contributed by atoms with Crippen LogP contribution in [0.1, 0.15) is 86.5 Å². The van der Waals surface area contributed by atoms with Crippen LogP contribution in [0.3, 0.4) is 0 Å². The van der Waals surface area contributed by atoms with Gasteiger partial charge in [-0.1, -0.05) is 41.5 Å². The molecule has 0 radical (unpaired) electrons. The zero-order chi connectivity index (χ0) is 30.5. The third-order valence-electron chi connectivity index (χ3n) is 10.3. The van der Waals surface area contributed by atoms with E-state index in [1.165, 1.54) is 12.2 Å². The lowest BCUT2D eigenvalue weighted by atomic mass is 9.45. The predicted molar refractivity (Wildman–Crippen MR) is 144 cm³/mol. The molecule has 10 heteroatoms. The third kappa shape index (κ3) is 4.39. The molecule has 1 N–H and O–H groups in total. The van der Waals surface area contributed by atoms with Gasteiger partial charge in [-0.2, -0.15) is 0 Å². The van der Waals surface area contributed by atoms with Crippen molar-refractivity contribution in [3.8, 4) is 0 Å². The maximum atomic E-state index is 17.8. The molecular weight excluding hydrogens is 535 g/mol. The fourth-order valence-corrected chi connectivity index (χ4v) is 8.18. The van der Waals surface area contributed by atoms with Crippen LogP contribution in [-0.4, -0.2) is 58.6 Å². The lowest BCUT2D eigenvalue weighted by molar-refractivity contribution is -0.224. The first kappa shape index (κ1) is 31.1. The van der Waals surface area contributed by atoms with Gasteiger partial charge in [0.15, 0.2) is 23.7 Å². The summed E-state index contributed by atoms with van der Waals surface area (Å²) in [6.07, 6.45) is 1.47. The van der Waals surface area contributed by atoms with Gasteiger partial charge in [0.25, 0.3) is 0 Å². The Hall–Kier alpha value is -2.88. The van der Waals surface area contributed by atoms with Crippen LogP contribution in [0.25, 0.3) is 0 Å². The number of rotatable bonds is 8. The molecule has 0 saturated heterocycles. The Morgan fingerprint density at radius 1 is 1.05 bits per heavy atom. The minimum absolute atomic E-state index is 0.0203. The van der Waals surface area contributed by atoms with Gasteiger partial charge in [-0.3, -0.25) is 24.0 Å². The zero-order valence-electron chi connectivity index (χ0n) is 24.7. The van der Waals surface area contributed by atoms with E-state index in [1.54, 1.807) is 41.5 Å². The second-order valence-corrected chi connectivity index (χ2v) is 12.4. The Labute approximate surface area is 239 Å². The van der Waals surface area contributed by atoms with E-state index >= 15 is 4.39 Å². The van der Waals surface area contributed by atoms with E-state index in [1.807, 2.05) is 0 Å². The first-order chi connectivity index (χ1) is 19.2. The number of halogens is 1. The number of hydrogen-bond donors (Lipinski definition) is 1. The summed E-state index contributed by atoms with van der Waals surface area (Å²) in [4.78, 5) is 63.6. The second-order valence-electron chi connectivity index (χ2n) is 12.4.